The summed E-state index contributed by atoms with van der Waals surface area (Å²) in [5.41, 5.74) is 7.06. The summed E-state index contributed by atoms with van der Waals surface area (Å²) < 4.78 is 0. The second-order valence-corrected chi connectivity index (χ2v) is 5.94. The third-order valence-corrected chi connectivity index (χ3v) is 4.24. The number of rotatable bonds is 3. The first-order chi connectivity index (χ1) is 11.2. The normalized spacial score (nSPS) is 18.4. The molecule has 2 aromatic rings. The molecule has 0 spiro atoms. The summed E-state index contributed by atoms with van der Waals surface area (Å²) in [5.74, 6) is 0.995. The largest absolute Gasteiger partial charge is 0.382 e. The molecule has 3 rings (SSSR count). The van der Waals surface area contributed by atoms with E-state index in [1.54, 1.807) is 24.7 Å². The maximum absolute atomic E-state index is 12.5. The van der Waals surface area contributed by atoms with Crippen molar-refractivity contribution in [2.45, 2.75) is 25.7 Å². The highest BCUT2D eigenvalue weighted by Crippen LogP contribution is 2.22. The van der Waals surface area contributed by atoms with Crippen molar-refractivity contribution in [1.82, 2.24) is 19.9 Å². The maximum Gasteiger partial charge on any atom is 0.272 e. The molecular weight excluding hydrogens is 290 g/mol. The molecule has 1 amide bonds. The quantitative estimate of drug-likeness (QED) is 0.936. The first-order valence-corrected chi connectivity index (χ1v) is 7.99. The molecule has 0 aliphatic carbocycles. The Labute approximate surface area is 135 Å². The van der Waals surface area contributed by atoms with Crippen molar-refractivity contribution in [2.24, 2.45) is 5.92 Å². The summed E-state index contributed by atoms with van der Waals surface area (Å²) in [6.45, 7) is 1.56. The topological polar surface area (TPSA) is 85.0 Å². The van der Waals surface area contributed by atoms with Gasteiger partial charge in [-0.1, -0.05) is 6.07 Å². The zero-order chi connectivity index (χ0) is 16.1. The summed E-state index contributed by atoms with van der Waals surface area (Å²) in [6, 6.07) is 5.44. The Balaban J connectivity index is 1.59. The number of carbonyl (C=O) groups excluding carboxylic acids is 1. The third kappa shape index (κ3) is 4.03. The van der Waals surface area contributed by atoms with E-state index in [4.69, 9.17) is 5.73 Å². The Bertz CT molecular complexity index is 644. The Morgan fingerprint density at radius 3 is 2.83 bits per heavy atom. The van der Waals surface area contributed by atoms with Crippen molar-refractivity contribution in [3.63, 3.8) is 0 Å². The molecule has 0 saturated carbocycles. The van der Waals surface area contributed by atoms with E-state index < -0.39 is 0 Å². The lowest BCUT2D eigenvalue weighted by Gasteiger charge is -2.20. The van der Waals surface area contributed by atoms with Crippen LogP contribution in [0.2, 0.25) is 0 Å². The minimum atomic E-state index is 0.0264. The fraction of sp³-hybridized carbons (Fsp3) is 0.412. The summed E-state index contributed by atoms with van der Waals surface area (Å²) in [7, 11) is 0. The van der Waals surface area contributed by atoms with Crippen molar-refractivity contribution in [2.75, 3.05) is 18.8 Å². The molecule has 2 N–H and O–H groups in total. The number of nitrogens with zero attached hydrogens (tertiary/aromatic N) is 4. The van der Waals surface area contributed by atoms with Crippen LogP contribution in [0.4, 0.5) is 5.82 Å². The fourth-order valence-electron chi connectivity index (χ4n) is 2.99. The lowest BCUT2D eigenvalue weighted by Crippen LogP contribution is -2.32. The Hall–Kier alpha value is -2.50. The van der Waals surface area contributed by atoms with Crippen LogP contribution in [0.3, 0.4) is 0 Å². The molecule has 1 saturated heterocycles. The second kappa shape index (κ2) is 7.17. The van der Waals surface area contributed by atoms with Crippen LogP contribution >= 0.6 is 0 Å². The third-order valence-electron chi connectivity index (χ3n) is 4.24. The summed E-state index contributed by atoms with van der Waals surface area (Å²) in [5, 5.41) is 0. The molecule has 3 heterocycles. The van der Waals surface area contributed by atoms with E-state index in [0.29, 0.717) is 17.4 Å². The summed E-state index contributed by atoms with van der Waals surface area (Å²) in [4.78, 5) is 27.0. The van der Waals surface area contributed by atoms with E-state index in [0.717, 1.165) is 44.5 Å². The minimum absolute atomic E-state index is 0.0264. The van der Waals surface area contributed by atoms with Crippen LogP contribution in [-0.4, -0.2) is 38.8 Å². The highest BCUT2D eigenvalue weighted by atomic mass is 16.2. The molecule has 6 nitrogen and oxygen atoms in total. The number of aromatic nitrogens is 3. The van der Waals surface area contributed by atoms with Crippen LogP contribution in [0.5, 0.6) is 0 Å². The number of hydrogen-bond acceptors (Lipinski definition) is 5. The zero-order valence-electron chi connectivity index (χ0n) is 13.1. The zero-order valence-corrected chi connectivity index (χ0v) is 13.1. The van der Waals surface area contributed by atoms with E-state index in [2.05, 4.69) is 15.0 Å². The van der Waals surface area contributed by atoms with Gasteiger partial charge < -0.3 is 10.6 Å². The number of carbonyl (C=O) groups is 1. The van der Waals surface area contributed by atoms with Crippen LogP contribution in [0.25, 0.3) is 0 Å². The molecular formula is C17H21N5O. The Kier molecular flexibility index (Phi) is 4.80. The van der Waals surface area contributed by atoms with Crippen molar-refractivity contribution in [1.29, 1.82) is 0 Å². The number of amides is 1. The van der Waals surface area contributed by atoms with Crippen LogP contribution in [-0.2, 0) is 6.42 Å². The molecule has 0 aromatic carbocycles. The van der Waals surface area contributed by atoms with Gasteiger partial charge in [0.15, 0.2) is 0 Å². The van der Waals surface area contributed by atoms with Crippen molar-refractivity contribution < 1.29 is 4.79 Å². The van der Waals surface area contributed by atoms with Gasteiger partial charge in [0, 0.05) is 19.3 Å². The van der Waals surface area contributed by atoms with Crippen LogP contribution < -0.4 is 5.73 Å². The first kappa shape index (κ1) is 15.4. The SMILES string of the molecule is Nc1cnc(C[C@@H]2CCCN(C(=O)c3ccccn3)CC2)cn1. The molecule has 1 aliphatic heterocycles. The highest BCUT2D eigenvalue weighted by Gasteiger charge is 2.22. The van der Waals surface area contributed by atoms with Crippen LogP contribution in [0.15, 0.2) is 36.8 Å². The molecule has 23 heavy (non-hydrogen) atoms. The molecule has 6 heteroatoms. The van der Waals surface area contributed by atoms with Crippen LogP contribution in [0, 0.1) is 5.92 Å². The fourth-order valence-corrected chi connectivity index (χ4v) is 2.99. The molecule has 120 valence electrons. The minimum Gasteiger partial charge on any atom is -0.382 e. The monoisotopic (exact) mass is 311 g/mol. The molecule has 2 aromatic heterocycles. The number of hydrogen-bond donors (Lipinski definition) is 1. The highest BCUT2D eigenvalue weighted by molar-refractivity contribution is 5.92. The van der Waals surface area contributed by atoms with Crippen LogP contribution in [0.1, 0.15) is 35.4 Å². The summed E-state index contributed by atoms with van der Waals surface area (Å²) >= 11 is 0. The predicted molar refractivity (Wildman–Crippen MR) is 87.6 cm³/mol. The lowest BCUT2D eigenvalue weighted by atomic mass is 9.95. The average Bonchev–Trinajstić information content (AvgIpc) is 2.83. The maximum atomic E-state index is 12.5. The van der Waals surface area contributed by atoms with Crippen molar-refractivity contribution >= 4 is 11.7 Å². The number of pyridine rings is 1. The summed E-state index contributed by atoms with van der Waals surface area (Å²) in [6.07, 6.45) is 8.97. The molecule has 0 radical (unpaired) electrons. The van der Waals surface area contributed by atoms with Gasteiger partial charge in [0.1, 0.15) is 11.5 Å². The number of likely N-dealkylation sites (tertiary alicyclic amines) is 1. The Morgan fingerprint density at radius 1 is 1.17 bits per heavy atom. The molecule has 1 atom stereocenters. The van der Waals surface area contributed by atoms with E-state index in [9.17, 15) is 4.79 Å². The van der Waals surface area contributed by atoms with Gasteiger partial charge in [-0.2, -0.15) is 0 Å². The van der Waals surface area contributed by atoms with E-state index in [1.165, 1.54) is 0 Å². The van der Waals surface area contributed by atoms with E-state index in [1.807, 2.05) is 17.0 Å². The Morgan fingerprint density at radius 2 is 2.09 bits per heavy atom. The number of nitrogens with two attached hydrogens (primary N) is 1. The van der Waals surface area contributed by atoms with E-state index in [-0.39, 0.29) is 5.91 Å². The van der Waals surface area contributed by atoms with E-state index >= 15 is 0 Å². The van der Waals surface area contributed by atoms with Crippen molar-refractivity contribution in [3.8, 4) is 0 Å². The van der Waals surface area contributed by atoms with Gasteiger partial charge >= 0.3 is 0 Å². The molecule has 1 aliphatic rings. The van der Waals surface area contributed by atoms with Gasteiger partial charge in [0.2, 0.25) is 0 Å². The van der Waals surface area contributed by atoms with Gasteiger partial charge in [-0.3, -0.25) is 14.8 Å². The smallest absolute Gasteiger partial charge is 0.272 e. The van der Waals surface area contributed by atoms with Crippen molar-refractivity contribution in [3.05, 3.63) is 48.2 Å². The van der Waals surface area contributed by atoms with Gasteiger partial charge in [-0.25, -0.2) is 4.98 Å². The predicted octanol–water partition coefficient (Wildman–Crippen LogP) is 1.94. The van der Waals surface area contributed by atoms with Gasteiger partial charge in [0.25, 0.3) is 5.91 Å². The standard InChI is InChI=1S/C17H21N5O/c18-16-12-20-14(11-21-16)10-13-4-3-8-22(9-6-13)17(23)15-5-1-2-7-19-15/h1-2,5,7,11-13H,3-4,6,8-10H2,(H2,18,21)/t13-/m1/s1. The molecule has 0 unspecified atom stereocenters. The number of nitrogen functional groups attached to an aromatic ring is 1. The van der Waals surface area contributed by atoms with Gasteiger partial charge in [0.05, 0.1) is 18.1 Å². The van der Waals surface area contributed by atoms with Gasteiger partial charge in [-0.05, 0) is 43.7 Å². The number of anilines is 1. The lowest BCUT2D eigenvalue weighted by molar-refractivity contribution is 0.0754. The average molecular weight is 311 g/mol. The first-order valence-electron chi connectivity index (χ1n) is 7.99. The van der Waals surface area contributed by atoms with Gasteiger partial charge in [-0.15, -0.1) is 0 Å². The molecule has 0 bridgehead atoms. The second-order valence-electron chi connectivity index (χ2n) is 5.94. The molecule has 1 fully saturated rings.